The Morgan fingerprint density at radius 2 is 1.55 bits per heavy atom. The van der Waals surface area contributed by atoms with Crippen molar-refractivity contribution in [1.29, 1.82) is 0 Å². The summed E-state index contributed by atoms with van der Waals surface area (Å²) < 4.78 is 10.2. The molecule has 2 aromatic carbocycles. The van der Waals surface area contributed by atoms with E-state index in [4.69, 9.17) is 9.47 Å². The molecule has 0 aliphatic heterocycles. The number of ether oxygens (including phenoxy) is 2. The van der Waals surface area contributed by atoms with Gasteiger partial charge in [-0.3, -0.25) is 0 Å². The molecule has 0 heterocycles. The highest BCUT2D eigenvalue weighted by Gasteiger charge is 2.18. The third kappa shape index (κ3) is 3.95. The van der Waals surface area contributed by atoms with Crippen molar-refractivity contribution in [1.82, 2.24) is 0 Å². The van der Waals surface area contributed by atoms with Crippen LogP contribution in [0.3, 0.4) is 0 Å². The van der Waals surface area contributed by atoms with Crippen LogP contribution in [0.2, 0.25) is 0 Å². The van der Waals surface area contributed by atoms with Crippen molar-refractivity contribution in [3.63, 3.8) is 0 Å². The highest BCUT2D eigenvalue weighted by Crippen LogP contribution is 2.13. The van der Waals surface area contributed by atoms with E-state index in [2.05, 4.69) is 0 Å². The fraction of sp³-hybridized carbons (Fsp3) is 0.222. The summed E-state index contributed by atoms with van der Waals surface area (Å²) in [5, 5.41) is 0. The second kappa shape index (κ2) is 7.41. The first-order valence-electron chi connectivity index (χ1n) is 7.10. The van der Waals surface area contributed by atoms with E-state index in [1.165, 1.54) is 0 Å². The quantitative estimate of drug-likeness (QED) is 0.792. The van der Waals surface area contributed by atoms with Crippen LogP contribution in [-0.2, 0) is 16.1 Å². The van der Waals surface area contributed by atoms with Gasteiger partial charge in [0, 0.05) is 0 Å². The van der Waals surface area contributed by atoms with Crippen molar-refractivity contribution in [3.05, 3.63) is 70.8 Å². The van der Waals surface area contributed by atoms with Gasteiger partial charge in [-0.2, -0.15) is 0 Å². The summed E-state index contributed by atoms with van der Waals surface area (Å²) in [6.45, 7) is 4.11. The van der Waals surface area contributed by atoms with Crippen molar-refractivity contribution in [3.8, 4) is 0 Å². The highest BCUT2D eigenvalue weighted by molar-refractivity contribution is 6.03. The average molecular weight is 298 g/mol. The number of hydrogen-bond acceptors (Lipinski definition) is 4. The molecule has 4 nitrogen and oxygen atoms in total. The van der Waals surface area contributed by atoms with Crippen molar-refractivity contribution in [2.75, 3.05) is 6.61 Å². The molecule has 0 aliphatic carbocycles. The summed E-state index contributed by atoms with van der Waals surface area (Å²) in [6.07, 6.45) is 0. The van der Waals surface area contributed by atoms with E-state index in [9.17, 15) is 9.59 Å². The van der Waals surface area contributed by atoms with Crippen LogP contribution in [0, 0.1) is 6.92 Å². The molecule has 0 bridgehead atoms. The monoisotopic (exact) mass is 298 g/mol. The van der Waals surface area contributed by atoms with Gasteiger partial charge in [0.05, 0.1) is 17.7 Å². The molecule has 0 amide bonds. The van der Waals surface area contributed by atoms with Gasteiger partial charge < -0.3 is 9.47 Å². The molecule has 0 radical (unpaired) electrons. The van der Waals surface area contributed by atoms with Crippen molar-refractivity contribution in [2.24, 2.45) is 0 Å². The van der Waals surface area contributed by atoms with E-state index in [0.717, 1.165) is 11.1 Å². The van der Waals surface area contributed by atoms with Crippen LogP contribution in [0.4, 0.5) is 0 Å². The number of aryl methyl sites for hydroxylation is 1. The molecule has 0 fully saturated rings. The third-order valence-electron chi connectivity index (χ3n) is 3.09. The zero-order valence-electron chi connectivity index (χ0n) is 12.7. The third-order valence-corrected chi connectivity index (χ3v) is 3.09. The Balaban J connectivity index is 2.11. The Morgan fingerprint density at radius 3 is 2.14 bits per heavy atom. The number of carbonyl (C=O) groups is 2. The maximum absolute atomic E-state index is 12.2. The molecule has 22 heavy (non-hydrogen) atoms. The molecule has 0 aromatic heterocycles. The van der Waals surface area contributed by atoms with Gasteiger partial charge in [0.15, 0.2) is 0 Å². The van der Waals surface area contributed by atoms with Crippen LogP contribution in [-0.4, -0.2) is 18.5 Å². The number of hydrogen-bond donors (Lipinski definition) is 0. The fourth-order valence-corrected chi connectivity index (χ4v) is 2.08. The van der Waals surface area contributed by atoms with Gasteiger partial charge >= 0.3 is 11.9 Å². The molecule has 0 N–H and O–H groups in total. The van der Waals surface area contributed by atoms with Gasteiger partial charge in [0.1, 0.15) is 6.61 Å². The maximum atomic E-state index is 12.2. The fourth-order valence-electron chi connectivity index (χ4n) is 2.08. The summed E-state index contributed by atoms with van der Waals surface area (Å²) in [5.74, 6) is -1.06. The van der Waals surface area contributed by atoms with Crippen LogP contribution in [0.15, 0.2) is 48.5 Å². The molecule has 0 unspecified atom stereocenters. The molecule has 0 saturated carbocycles. The van der Waals surface area contributed by atoms with Crippen LogP contribution < -0.4 is 0 Å². The zero-order valence-corrected chi connectivity index (χ0v) is 12.7. The smallest absolute Gasteiger partial charge is 0.339 e. The number of benzene rings is 2. The van der Waals surface area contributed by atoms with Crippen LogP contribution in [0.5, 0.6) is 0 Å². The molecule has 114 valence electrons. The van der Waals surface area contributed by atoms with Crippen molar-refractivity contribution < 1.29 is 19.1 Å². The lowest BCUT2D eigenvalue weighted by Gasteiger charge is -2.09. The summed E-state index contributed by atoms with van der Waals surface area (Å²) in [6, 6.07) is 14.2. The van der Waals surface area contributed by atoms with E-state index in [1.54, 1.807) is 31.2 Å². The lowest BCUT2D eigenvalue weighted by Crippen LogP contribution is -2.14. The molecule has 4 heteroatoms. The van der Waals surface area contributed by atoms with Gasteiger partial charge in [-0.25, -0.2) is 9.59 Å². The largest absolute Gasteiger partial charge is 0.462 e. The standard InChI is InChI=1S/C18H18O4/c1-3-21-17(19)15-9-4-5-10-16(15)18(20)22-12-14-8-6-7-13(2)11-14/h4-11H,3,12H2,1-2H3. The van der Waals surface area contributed by atoms with Crippen LogP contribution >= 0.6 is 0 Å². The summed E-state index contributed by atoms with van der Waals surface area (Å²) in [7, 11) is 0. The van der Waals surface area contributed by atoms with E-state index < -0.39 is 11.9 Å². The second-order valence-electron chi connectivity index (χ2n) is 4.83. The lowest BCUT2D eigenvalue weighted by atomic mass is 10.1. The van der Waals surface area contributed by atoms with Crippen LogP contribution in [0.25, 0.3) is 0 Å². The van der Waals surface area contributed by atoms with E-state index >= 15 is 0 Å². The number of rotatable bonds is 5. The maximum Gasteiger partial charge on any atom is 0.339 e. The molecule has 0 saturated heterocycles. The summed E-state index contributed by atoms with van der Waals surface area (Å²) in [4.78, 5) is 24.1. The molecule has 0 aliphatic rings. The first kappa shape index (κ1) is 15.8. The normalized spacial score (nSPS) is 10.1. The molecular weight excluding hydrogens is 280 g/mol. The first-order valence-corrected chi connectivity index (χ1v) is 7.10. The van der Waals surface area contributed by atoms with Crippen LogP contribution in [0.1, 0.15) is 38.8 Å². The van der Waals surface area contributed by atoms with E-state index in [0.29, 0.717) is 0 Å². The van der Waals surface area contributed by atoms with E-state index in [1.807, 2.05) is 31.2 Å². The summed E-state index contributed by atoms with van der Waals surface area (Å²) >= 11 is 0. The highest BCUT2D eigenvalue weighted by atomic mass is 16.5. The average Bonchev–Trinajstić information content (AvgIpc) is 2.53. The molecule has 0 spiro atoms. The van der Waals surface area contributed by atoms with Gasteiger partial charge in [-0.05, 0) is 31.5 Å². The van der Waals surface area contributed by atoms with Gasteiger partial charge in [-0.15, -0.1) is 0 Å². The Kier molecular flexibility index (Phi) is 5.31. The topological polar surface area (TPSA) is 52.6 Å². The zero-order chi connectivity index (χ0) is 15.9. The summed E-state index contributed by atoms with van der Waals surface area (Å²) in [5.41, 5.74) is 2.44. The minimum absolute atomic E-state index is 0.164. The molecule has 2 aromatic rings. The lowest BCUT2D eigenvalue weighted by molar-refractivity contribution is 0.0445. The number of carbonyl (C=O) groups excluding carboxylic acids is 2. The van der Waals surface area contributed by atoms with Crippen molar-refractivity contribution in [2.45, 2.75) is 20.5 Å². The predicted octanol–water partition coefficient (Wildman–Crippen LogP) is 3.53. The SMILES string of the molecule is CCOC(=O)c1ccccc1C(=O)OCc1cccc(C)c1. The molecule has 2 rings (SSSR count). The Morgan fingerprint density at radius 1 is 0.909 bits per heavy atom. The van der Waals surface area contributed by atoms with Gasteiger partial charge in [0.25, 0.3) is 0 Å². The minimum atomic E-state index is -0.537. The predicted molar refractivity (Wildman–Crippen MR) is 82.7 cm³/mol. The second-order valence-corrected chi connectivity index (χ2v) is 4.83. The first-order chi connectivity index (χ1) is 10.6. The van der Waals surface area contributed by atoms with Gasteiger partial charge in [0.2, 0.25) is 0 Å². The number of esters is 2. The van der Waals surface area contributed by atoms with Crippen molar-refractivity contribution >= 4 is 11.9 Å². The van der Waals surface area contributed by atoms with E-state index in [-0.39, 0.29) is 24.3 Å². The molecule has 0 atom stereocenters. The Bertz CT molecular complexity index is 676. The Labute approximate surface area is 129 Å². The minimum Gasteiger partial charge on any atom is -0.462 e. The Hall–Kier alpha value is -2.62. The molecular formula is C18H18O4. The van der Waals surface area contributed by atoms with Gasteiger partial charge in [-0.1, -0.05) is 42.0 Å².